The number of halogens is 3. The molecule has 9 heteroatoms. The highest BCUT2D eigenvalue weighted by Gasteiger charge is 2.36. The second-order valence-electron chi connectivity index (χ2n) is 6.00. The van der Waals surface area contributed by atoms with Crippen molar-refractivity contribution in [2.24, 2.45) is 5.92 Å². The van der Waals surface area contributed by atoms with E-state index in [1.165, 1.54) is 12.1 Å². The molecule has 0 radical (unpaired) electrons. The number of nitrogens with one attached hydrogen (secondary N) is 1. The lowest BCUT2D eigenvalue weighted by molar-refractivity contribution is -0.137. The molecule has 136 valence electrons. The van der Waals surface area contributed by atoms with E-state index < -0.39 is 29.7 Å². The number of hydrogen-bond acceptors (Lipinski definition) is 4. The first-order chi connectivity index (χ1) is 12.3. The maximum absolute atomic E-state index is 12.9. The number of aromatic nitrogens is 2. The molecular weight excluding hydrogens is 351 g/mol. The van der Waals surface area contributed by atoms with Gasteiger partial charge in [-0.05, 0) is 36.5 Å². The van der Waals surface area contributed by atoms with E-state index in [-0.39, 0.29) is 17.3 Å². The van der Waals surface area contributed by atoms with E-state index >= 15 is 0 Å². The third kappa shape index (κ3) is 3.98. The van der Waals surface area contributed by atoms with Gasteiger partial charge in [-0.1, -0.05) is 12.1 Å². The molecule has 1 aliphatic carbocycles. The smallest absolute Gasteiger partial charge is 0.416 e. The Morgan fingerprint density at radius 1 is 1.15 bits per heavy atom. The normalized spacial score (nSPS) is 15.3. The number of benzene rings is 1. The predicted octanol–water partition coefficient (Wildman–Crippen LogP) is 3.07. The Morgan fingerprint density at radius 3 is 2.35 bits per heavy atom. The Bertz CT molecular complexity index is 833. The Labute approximate surface area is 146 Å². The van der Waals surface area contributed by atoms with E-state index in [9.17, 15) is 22.8 Å². The van der Waals surface area contributed by atoms with Gasteiger partial charge in [-0.2, -0.15) is 13.2 Å². The van der Waals surface area contributed by atoms with Gasteiger partial charge < -0.3 is 10.4 Å². The molecule has 0 aliphatic heterocycles. The molecule has 1 unspecified atom stereocenters. The summed E-state index contributed by atoms with van der Waals surface area (Å²) in [6, 6.07) is 4.28. The highest BCUT2D eigenvalue weighted by atomic mass is 19.4. The van der Waals surface area contributed by atoms with Crippen molar-refractivity contribution in [1.29, 1.82) is 0 Å². The van der Waals surface area contributed by atoms with Crippen molar-refractivity contribution in [3.63, 3.8) is 0 Å². The van der Waals surface area contributed by atoms with E-state index in [0.29, 0.717) is 5.56 Å². The van der Waals surface area contributed by atoms with Crippen molar-refractivity contribution >= 4 is 11.9 Å². The zero-order chi connectivity index (χ0) is 18.9. The van der Waals surface area contributed by atoms with Crippen molar-refractivity contribution in [2.45, 2.75) is 25.1 Å². The minimum absolute atomic E-state index is 0.0497. The fraction of sp³-hybridized carbons (Fsp3) is 0.294. The molecule has 3 rings (SSSR count). The number of carbonyl (C=O) groups excluding carboxylic acids is 1. The summed E-state index contributed by atoms with van der Waals surface area (Å²) < 4.78 is 38.8. The molecule has 1 heterocycles. The number of alkyl halides is 3. The highest BCUT2D eigenvalue weighted by Crippen LogP contribution is 2.42. The lowest BCUT2D eigenvalue weighted by atomic mass is 9.99. The van der Waals surface area contributed by atoms with E-state index in [1.807, 2.05) is 0 Å². The Morgan fingerprint density at radius 2 is 1.81 bits per heavy atom. The fourth-order valence-corrected chi connectivity index (χ4v) is 2.58. The Balaban J connectivity index is 1.81. The number of carboxylic acids is 1. The summed E-state index contributed by atoms with van der Waals surface area (Å²) in [5, 5.41) is 11.5. The second kappa shape index (κ2) is 6.74. The van der Waals surface area contributed by atoms with Gasteiger partial charge in [0.05, 0.1) is 24.0 Å². The van der Waals surface area contributed by atoms with Gasteiger partial charge in [0, 0.05) is 0 Å². The minimum atomic E-state index is -4.47. The van der Waals surface area contributed by atoms with Crippen LogP contribution in [0.3, 0.4) is 0 Å². The summed E-state index contributed by atoms with van der Waals surface area (Å²) in [4.78, 5) is 30.5. The van der Waals surface area contributed by atoms with Gasteiger partial charge in [0.1, 0.15) is 5.69 Å². The Kier molecular flexibility index (Phi) is 4.62. The fourth-order valence-electron chi connectivity index (χ4n) is 2.58. The number of nitrogens with zero attached hydrogens (tertiary/aromatic N) is 2. The van der Waals surface area contributed by atoms with Gasteiger partial charge in [-0.3, -0.25) is 4.79 Å². The van der Waals surface area contributed by atoms with Gasteiger partial charge in [-0.25, -0.2) is 14.8 Å². The largest absolute Gasteiger partial charge is 0.476 e. The molecule has 1 fully saturated rings. The van der Waals surface area contributed by atoms with E-state index in [1.54, 1.807) is 0 Å². The van der Waals surface area contributed by atoms with Crippen LogP contribution in [0.2, 0.25) is 0 Å². The molecule has 0 spiro atoms. The number of carboxylic acid groups (broad SMARTS) is 1. The van der Waals surface area contributed by atoms with E-state index in [2.05, 4.69) is 15.3 Å². The molecule has 2 aromatic rings. The molecule has 0 bridgehead atoms. The molecule has 1 aromatic carbocycles. The summed E-state index contributed by atoms with van der Waals surface area (Å²) in [7, 11) is 0. The number of hydrogen-bond donors (Lipinski definition) is 2. The van der Waals surface area contributed by atoms with Crippen LogP contribution in [0.1, 0.15) is 51.0 Å². The van der Waals surface area contributed by atoms with Crippen molar-refractivity contribution in [3.8, 4) is 0 Å². The van der Waals surface area contributed by atoms with Gasteiger partial charge in [-0.15, -0.1) is 0 Å². The summed E-state index contributed by atoms with van der Waals surface area (Å²) >= 11 is 0. The lowest BCUT2D eigenvalue weighted by Crippen LogP contribution is -2.31. The molecule has 1 amide bonds. The third-order valence-electron chi connectivity index (χ3n) is 4.06. The maximum atomic E-state index is 12.9. The van der Waals surface area contributed by atoms with Crippen LogP contribution in [0.4, 0.5) is 13.2 Å². The second-order valence-corrected chi connectivity index (χ2v) is 6.00. The van der Waals surface area contributed by atoms with Gasteiger partial charge >= 0.3 is 12.1 Å². The SMILES string of the molecule is O=C(O)c1cnc(C(=O)NC(c2cccc(C(F)(F)F)c2)C2CC2)cn1. The lowest BCUT2D eigenvalue weighted by Gasteiger charge is -2.20. The van der Waals surface area contributed by atoms with Crippen LogP contribution >= 0.6 is 0 Å². The molecular formula is C17H14F3N3O3. The van der Waals surface area contributed by atoms with Gasteiger partial charge in [0.15, 0.2) is 5.69 Å². The van der Waals surface area contributed by atoms with Crippen LogP contribution in [0.25, 0.3) is 0 Å². The first-order valence-corrected chi connectivity index (χ1v) is 7.79. The topological polar surface area (TPSA) is 92.2 Å². The predicted molar refractivity (Wildman–Crippen MR) is 83.4 cm³/mol. The number of rotatable bonds is 5. The zero-order valence-electron chi connectivity index (χ0n) is 13.3. The van der Waals surface area contributed by atoms with Crippen molar-refractivity contribution in [3.05, 3.63) is 59.2 Å². The third-order valence-corrected chi connectivity index (χ3v) is 4.06. The van der Waals surface area contributed by atoms with Crippen LogP contribution in [0.5, 0.6) is 0 Å². The summed E-state index contributed by atoms with van der Waals surface area (Å²) in [5.74, 6) is -1.85. The van der Waals surface area contributed by atoms with Crippen molar-refractivity contribution < 1.29 is 27.9 Å². The van der Waals surface area contributed by atoms with Crippen LogP contribution in [0.15, 0.2) is 36.7 Å². The van der Waals surface area contributed by atoms with E-state index in [0.717, 1.165) is 37.4 Å². The van der Waals surface area contributed by atoms with Crippen LogP contribution in [-0.4, -0.2) is 27.0 Å². The monoisotopic (exact) mass is 365 g/mol. The summed E-state index contributed by atoms with van der Waals surface area (Å²) in [5.41, 5.74) is -0.822. The summed E-state index contributed by atoms with van der Waals surface area (Å²) in [6.45, 7) is 0. The van der Waals surface area contributed by atoms with Gasteiger partial charge in [0.2, 0.25) is 0 Å². The molecule has 1 saturated carbocycles. The molecule has 1 atom stereocenters. The van der Waals surface area contributed by atoms with Crippen molar-refractivity contribution in [1.82, 2.24) is 15.3 Å². The molecule has 1 aromatic heterocycles. The van der Waals surface area contributed by atoms with Crippen LogP contribution in [-0.2, 0) is 6.18 Å². The first kappa shape index (κ1) is 17.8. The standard InChI is InChI=1S/C17H14F3N3O3/c18-17(19,20)11-3-1-2-10(6-11)14(9-4-5-9)23-15(24)12-7-22-13(8-21-12)16(25)26/h1-3,6-9,14H,4-5H2,(H,23,24)(H,25,26). The van der Waals surface area contributed by atoms with Crippen LogP contribution in [0, 0.1) is 5.92 Å². The Hall–Kier alpha value is -2.97. The van der Waals surface area contributed by atoms with Crippen LogP contribution < -0.4 is 5.32 Å². The zero-order valence-corrected chi connectivity index (χ0v) is 13.3. The van der Waals surface area contributed by atoms with E-state index in [4.69, 9.17) is 5.11 Å². The van der Waals surface area contributed by atoms with Gasteiger partial charge in [0.25, 0.3) is 5.91 Å². The average molecular weight is 365 g/mol. The number of aromatic carboxylic acids is 1. The molecule has 0 saturated heterocycles. The summed E-state index contributed by atoms with van der Waals surface area (Å²) in [6.07, 6.45) is -0.898. The van der Waals surface area contributed by atoms with Crippen molar-refractivity contribution in [2.75, 3.05) is 0 Å². The quantitative estimate of drug-likeness (QED) is 0.850. The molecule has 2 N–H and O–H groups in total. The molecule has 26 heavy (non-hydrogen) atoms. The average Bonchev–Trinajstić information content (AvgIpc) is 3.44. The first-order valence-electron chi connectivity index (χ1n) is 7.79. The maximum Gasteiger partial charge on any atom is 0.416 e. The minimum Gasteiger partial charge on any atom is -0.476 e. The molecule has 1 aliphatic rings. The highest BCUT2D eigenvalue weighted by molar-refractivity contribution is 5.93. The number of amides is 1. The molecule has 6 nitrogen and oxygen atoms in total. The number of carbonyl (C=O) groups is 2.